The number of hydrogen-bond donors (Lipinski definition) is 2. The third kappa shape index (κ3) is 4.95. The minimum atomic E-state index is -4.83. The Labute approximate surface area is 205 Å². The molecule has 4 rings (SSSR count). The van der Waals surface area contributed by atoms with E-state index in [-0.39, 0.29) is 32.2 Å². The van der Waals surface area contributed by atoms with Gasteiger partial charge in [-0.25, -0.2) is 8.42 Å². The van der Waals surface area contributed by atoms with Crippen LogP contribution in [0, 0.1) is 0 Å². The van der Waals surface area contributed by atoms with Crippen LogP contribution in [-0.2, 0) is 21.6 Å². The summed E-state index contributed by atoms with van der Waals surface area (Å²) in [4.78, 5) is 33.5. The van der Waals surface area contributed by atoms with Crippen molar-refractivity contribution in [2.45, 2.75) is 17.7 Å². The number of benzene rings is 2. The molecule has 0 atom stereocenters. The van der Waals surface area contributed by atoms with Crippen LogP contribution in [0.5, 0.6) is 0 Å². The second-order valence-corrected chi connectivity index (χ2v) is 12.3. The second kappa shape index (κ2) is 9.14. The number of likely N-dealkylation sites (tertiary alicyclic amines) is 1. The van der Waals surface area contributed by atoms with Crippen molar-refractivity contribution in [2.75, 3.05) is 23.7 Å². The van der Waals surface area contributed by atoms with E-state index in [0.29, 0.717) is 28.3 Å². The molecule has 3 aromatic rings. The first-order valence-electron chi connectivity index (χ1n) is 10.2. The number of nitrogens with zero attached hydrogens (tertiary/aromatic N) is 4. The number of hydrogen-bond acceptors (Lipinski definition) is 5. The van der Waals surface area contributed by atoms with Gasteiger partial charge in [-0.3, -0.25) is 18.3 Å². The lowest BCUT2D eigenvalue weighted by atomic mass is 10.1. The quantitative estimate of drug-likeness (QED) is 0.452. The highest BCUT2D eigenvalue weighted by atomic mass is 35.5. The normalized spacial score (nSPS) is 14.7. The van der Waals surface area contributed by atoms with E-state index < -0.39 is 23.9 Å². The third-order valence-corrected chi connectivity index (χ3v) is 8.49. The molecule has 1 aliphatic rings. The molecule has 2 aromatic carbocycles. The summed E-state index contributed by atoms with van der Waals surface area (Å²) in [6.45, 7) is 1.29. The summed E-state index contributed by atoms with van der Waals surface area (Å²) in [6, 6.07) is 7.95. The van der Waals surface area contributed by atoms with Crippen molar-refractivity contribution < 1.29 is 27.6 Å². The lowest BCUT2D eigenvalue weighted by Crippen LogP contribution is -2.32. The highest BCUT2D eigenvalue weighted by Crippen LogP contribution is 2.40. The van der Waals surface area contributed by atoms with Crippen molar-refractivity contribution in [2.24, 2.45) is 7.05 Å². The van der Waals surface area contributed by atoms with Crippen LogP contribution >= 0.6 is 30.8 Å². The van der Waals surface area contributed by atoms with Crippen molar-refractivity contribution >= 4 is 63.3 Å². The summed E-state index contributed by atoms with van der Waals surface area (Å²) in [5, 5.41) is 4.92. The van der Waals surface area contributed by atoms with E-state index in [9.17, 15) is 27.6 Å². The van der Waals surface area contributed by atoms with Gasteiger partial charge < -0.3 is 14.7 Å². The first-order chi connectivity index (χ1) is 15.9. The summed E-state index contributed by atoms with van der Waals surface area (Å²) in [5.41, 5.74) is 0.641. The molecular formula is C20H21Cl2N4O6PS. The van der Waals surface area contributed by atoms with Crippen LogP contribution in [-0.4, -0.2) is 58.2 Å². The molecule has 1 saturated heterocycles. The molecule has 34 heavy (non-hydrogen) atoms. The number of halogens is 2. The van der Waals surface area contributed by atoms with Gasteiger partial charge in [-0.2, -0.15) is 5.10 Å². The van der Waals surface area contributed by atoms with E-state index in [0.717, 1.165) is 25.0 Å². The van der Waals surface area contributed by atoms with Crippen molar-refractivity contribution in [3.05, 3.63) is 52.1 Å². The molecule has 0 spiro atoms. The summed E-state index contributed by atoms with van der Waals surface area (Å²) in [6.07, 6.45) is 0.731. The first kappa shape index (κ1) is 25.0. The van der Waals surface area contributed by atoms with Crippen LogP contribution in [0.25, 0.3) is 10.9 Å². The molecule has 1 amide bonds. The standard InChI is InChI=1S/C20H21Cl2N4O6PS/c1-24-18-11-15(4-5-17(18)19(23-24)20(27)25-6-2-3-7-25)26(12-33(28,29)30)34(31,32)16-9-13(21)8-14(22)10-16/h4-5,8-11H,2-3,6-7,12H2,1H3,(H2,28,29,30). The van der Waals surface area contributed by atoms with Gasteiger partial charge in [-0.15, -0.1) is 0 Å². The molecule has 1 fully saturated rings. The number of carbonyl (C=O) groups is 1. The minimum absolute atomic E-state index is 0.0184. The molecule has 14 heteroatoms. The van der Waals surface area contributed by atoms with Gasteiger partial charge in [0.1, 0.15) is 6.29 Å². The second-order valence-electron chi connectivity index (χ2n) is 7.94. The van der Waals surface area contributed by atoms with Gasteiger partial charge in [0.05, 0.1) is 16.1 Å². The molecule has 182 valence electrons. The average molecular weight is 547 g/mol. The molecule has 2 N–H and O–H groups in total. The molecule has 0 radical (unpaired) electrons. The maximum atomic E-state index is 13.4. The van der Waals surface area contributed by atoms with Crippen molar-refractivity contribution in [1.82, 2.24) is 14.7 Å². The Balaban J connectivity index is 1.83. The van der Waals surface area contributed by atoms with Gasteiger partial charge >= 0.3 is 7.60 Å². The van der Waals surface area contributed by atoms with Crippen LogP contribution in [0.2, 0.25) is 10.0 Å². The highest BCUT2D eigenvalue weighted by Gasteiger charge is 2.32. The molecule has 2 heterocycles. The van der Waals surface area contributed by atoms with Gasteiger partial charge in [0.25, 0.3) is 15.9 Å². The topological polar surface area (TPSA) is 133 Å². The van der Waals surface area contributed by atoms with Crippen LogP contribution < -0.4 is 4.31 Å². The number of fused-ring (bicyclic) bond motifs is 1. The monoisotopic (exact) mass is 546 g/mol. The smallest absolute Gasteiger partial charge is 0.337 e. The van der Waals surface area contributed by atoms with E-state index >= 15 is 0 Å². The first-order valence-corrected chi connectivity index (χ1v) is 14.2. The van der Waals surface area contributed by atoms with Crippen molar-refractivity contribution in [1.29, 1.82) is 0 Å². The third-order valence-electron chi connectivity index (χ3n) is 5.46. The SMILES string of the molecule is Cn1nc(C(=O)N2CCCC2)c2ccc(N(CP(=O)(O)O)S(=O)(=O)c3cc(Cl)cc(Cl)c3)cc21. The van der Waals surface area contributed by atoms with Gasteiger partial charge in [0.2, 0.25) is 0 Å². The zero-order valence-corrected chi connectivity index (χ0v) is 21.2. The Bertz CT molecular complexity index is 1410. The fraction of sp³-hybridized carbons (Fsp3) is 0.300. The van der Waals surface area contributed by atoms with E-state index in [1.807, 2.05) is 0 Å². The summed E-state index contributed by atoms with van der Waals surface area (Å²) in [5.74, 6) is -0.218. The summed E-state index contributed by atoms with van der Waals surface area (Å²) >= 11 is 11.9. The number of sulfonamides is 1. The Kier molecular flexibility index (Phi) is 6.71. The number of carbonyl (C=O) groups excluding carboxylic acids is 1. The zero-order valence-electron chi connectivity index (χ0n) is 17.9. The maximum Gasteiger partial charge on any atom is 0.345 e. The van der Waals surface area contributed by atoms with Crippen LogP contribution in [0.15, 0.2) is 41.3 Å². The maximum absolute atomic E-state index is 13.4. The predicted octanol–water partition coefficient (Wildman–Crippen LogP) is 3.45. The Hall–Kier alpha value is -2.14. The van der Waals surface area contributed by atoms with Crippen LogP contribution in [0.3, 0.4) is 0 Å². The average Bonchev–Trinajstić information content (AvgIpc) is 3.38. The predicted molar refractivity (Wildman–Crippen MR) is 129 cm³/mol. The number of aryl methyl sites for hydroxylation is 1. The summed E-state index contributed by atoms with van der Waals surface area (Å²) in [7, 11) is -7.69. The highest BCUT2D eigenvalue weighted by molar-refractivity contribution is 7.93. The Morgan fingerprint density at radius 3 is 2.32 bits per heavy atom. The number of aromatic nitrogens is 2. The molecule has 1 aliphatic heterocycles. The van der Waals surface area contributed by atoms with E-state index in [1.165, 1.54) is 28.9 Å². The number of amides is 1. The molecule has 0 unspecified atom stereocenters. The van der Waals surface area contributed by atoms with Crippen LogP contribution in [0.4, 0.5) is 5.69 Å². The molecule has 0 bridgehead atoms. The fourth-order valence-corrected chi connectivity index (χ4v) is 7.31. The minimum Gasteiger partial charge on any atom is -0.337 e. The van der Waals surface area contributed by atoms with Crippen LogP contribution in [0.1, 0.15) is 23.3 Å². The number of rotatable bonds is 6. The van der Waals surface area contributed by atoms with Gasteiger partial charge in [-0.1, -0.05) is 23.2 Å². The van der Waals surface area contributed by atoms with E-state index in [4.69, 9.17) is 23.2 Å². The van der Waals surface area contributed by atoms with Gasteiger partial charge in [-0.05, 0) is 49.2 Å². The number of anilines is 1. The summed E-state index contributed by atoms with van der Waals surface area (Å²) < 4.78 is 40.7. The fourth-order valence-electron chi connectivity index (χ4n) is 3.90. The lowest BCUT2D eigenvalue weighted by Gasteiger charge is -2.25. The molecule has 0 saturated carbocycles. The van der Waals surface area contributed by atoms with Crippen molar-refractivity contribution in [3.8, 4) is 0 Å². The molecule has 1 aromatic heterocycles. The van der Waals surface area contributed by atoms with Gasteiger partial charge in [0, 0.05) is 35.6 Å². The molecule has 0 aliphatic carbocycles. The van der Waals surface area contributed by atoms with E-state index in [1.54, 1.807) is 11.9 Å². The van der Waals surface area contributed by atoms with E-state index in [2.05, 4.69) is 5.10 Å². The van der Waals surface area contributed by atoms with Crippen molar-refractivity contribution in [3.63, 3.8) is 0 Å². The largest absolute Gasteiger partial charge is 0.345 e. The Morgan fingerprint density at radius 2 is 1.74 bits per heavy atom. The molecule has 10 nitrogen and oxygen atoms in total. The lowest BCUT2D eigenvalue weighted by molar-refractivity contribution is 0.0788. The molecular weight excluding hydrogens is 526 g/mol. The Morgan fingerprint density at radius 1 is 1.12 bits per heavy atom. The zero-order chi connectivity index (χ0) is 24.8. The van der Waals surface area contributed by atoms with Gasteiger partial charge in [0.15, 0.2) is 5.69 Å².